The monoisotopic (exact) mass is 213 g/mol. The number of carbonyl (C=O) groups excluding carboxylic acids is 2. The molecule has 0 aliphatic carbocycles. The summed E-state index contributed by atoms with van der Waals surface area (Å²) in [6, 6.07) is 0. The summed E-state index contributed by atoms with van der Waals surface area (Å²) in [5, 5.41) is 0. The third kappa shape index (κ3) is 3.51. The number of likely N-dealkylation sites (N-methyl/N-ethyl adjacent to an activating group) is 1. The van der Waals surface area contributed by atoms with Crippen molar-refractivity contribution in [2.45, 2.75) is 12.8 Å². The SMILES string of the molecule is CN(C)CC(=O)N1CCC(C(N)=O)CC1. The van der Waals surface area contributed by atoms with E-state index in [0.29, 0.717) is 32.5 Å². The average molecular weight is 213 g/mol. The molecular weight excluding hydrogens is 194 g/mol. The van der Waals surface area contributed by atoms with E-state index in [9.17, 15) is 9.59 Å². The van der Waals surface area contributed by atoms with E-state index in [1.165, 1.54) is 0 Å². The van der Waals surface area contributed by atoms with Crippen molar-refractivity contribution in [3.05, 3.63) is 0 Å². The van der Waals surface area contributed by atoms with Gasteiger partial charge in [0.05, 0.1) is 6.54 Å². The maximum Gasteiger partial charge on any atom is 0.236 e. The number of nitrogens with two attached hydrogens (primary N) is 1. The van der Waals surface area contributed by atoms with E-state index in [4.69, 9.17) is 5.73 Å². The fraction of sp³-hybridized carbons (Fsp3) is 0.800. The molecule has 0 aromatic rings. The summed E-state index contributed by atoms with van der Waals surface area (Å²) in [7, 11) is 3.74. The Bertz CT molecular complexity index is 245. The quantitative estimate of drug-likeness (QED) is 0.672. The van der Waals surface area contributed by atoms with E-state index in [0.717, 1.165) is 0 Å². The highest BCUT2D eigenvalue weighted by molar-refractivity contribution is 5.79. The molecular formula is C10H19N3O2. The Kier molecular flexibility index (Phi) is 4.08. The highest BCUT2D eigenvalue weighted by atomic mass is 16.2. The van der Waals surface area contributed by atoms with Crippen molar-refractivity contribution >= 4 is 11.8 Å². The number of rotatable bonds is 3. The van der Waals surface area contributed by atoms with Crippen LogP contribution in [0, 0.1) is 5.92 Å². The number of hydrogen-bond donors (Lipinski definition) is 1. The Morgan fingerprint density at radius 2 is 1.87 bits per heavy atom. The van der Waals surface area contributed by atoms with E-state index >= 15 is 0 Å². The van der Waals surface area contributed by atoms with Crippen molar-refractivity contribution < 1.29 is 9.59 Å². The molecule has 0 aromatic carbocycles. The van der Waals surface area contributed by atoms with Crippen LogP contribution < -0.4 is 5.73 Å². The first-order chi connectivity index (χ1) is 7.00. The van der Waals surface area contributed by atoms with Crippen LogP contribution in [-0.4, -0.2) is 55.3 Å². The van der Waals surface area contributed by atoms with Crippen molar-refractivity contribution in [1.82, 2.24) is 9.80 Å². The minimum absolute atomic E-state index is 0.0478. The van der Waals surface area contributed by atoms with Gasteiger partial charge in [-0.05, 0) is 26.9 Å². The number of amides is 2. The molecule has 1 aliphatic rings. The Balaban J connectivity index is 2.37. The third-order valence-electron chi connectivity index (χ3n) is 2.70. The van der Waals surface area contributed by atoms with Crippen LogP contribution in [0.1, 0.15) is 12.8 Å². The van der Waals surface area contributed by atoms with Crippen LogP contribution in [0.25, 0.3) is 0 Å². The van der Waals surface area contributed by atoms with Gasteiger partial charge in [-0.3, -0.25) is 9.59 Å². The second kappa shape index (κ2) is 5.11. The number of hydrogen-bond acceptors (Lipinski definition) is 3. The van der Waals surface area contributed by atoms with Gasteiger partial charge in [0.25, 0.3) is 0 Å². The molecule has 0 spiro atoms. The molecule has 5 heteroatoms. The van der Waals surface area contributed by atoms with Gasteiger partial charge in [-0.25, -0.2) is 0 Å². The van der Waals surface area contributed by atoms with Gasteiger partial charge in [0.2, 0.25) is 11.8 Å². The lowest BCUT2D eigenvalue weighted by molar-refractivity contribution is -0.135. The standard InChI is InChI=1S/C10H19N3O2/c1-12(2)7-9(14)13-5-3-8(4-6-13)10(11)15/h8H,3-7H2,1-2H3,(H2,11,15). The van der Waals surface area contributed by atoms with Gasteiger partial charge >= 0.3 is 0 Å². The van der Waals surface area contributed by atoms with Crippen LogP contribution in [0.2, 0.25) is 0 Å². The molecule has 0 radical (unpaired) electrons. The molecule has 1 saturated heterocycles. The van der Waals surface area contributed by atoms with Crippen LogP contribution in [0.3, 0.4) is 0 Å². The lowest BCUT2D eigenvalue weighted by Crippen LogP contribution is -2.44. The molecule has 15 heavy (non-hydrogen) atoms. The third-order valence-corrected chi connectivity index (χ3v) is 2.70. The average Bonchev–Trinajstić information content (AvgIpc) is 2.17. The van der Waals surface area contributed by atoms with Gasteiger partial charge in [0, 0.05) is 19.0 Å². The van der Waals surface area contributed by atoms with Crippen molar-refractivity contribution in [3.63, 3.8) is 0 Å². The second-order valence-corrected chi connectivity index (χ2v) is 4.30. The normalized spacial score (nSPS) is 18.2. The summed E-state index contributed by atoms with van der Waals surface area (Å²) < 4.78 is 0. The molecule has 86 valence electrons. The summed E-state index contributed by atoms with van der Waals surface area (Å²) in [5.41, 5.74) is 5.22. The molecule has 0 aromatic heterocycles. The first-order valence-electron chi connectivity index (χ1n) is 5.22. The lowest BCUT2D eigenvalue weighted by atomic mass is 9.96. The predicted molar refractivity (Wildman–Crippen MR) is 57.1 cm³/mol. The van der Waals surface area contributed by atoms with Gasteiger partial charge in [0.1, 0.15) is 0 Å². The van der Waals surface area contributed by atoms with Crippen LogP contribution in [0.15, 0.2) is 0 Å². The van der Waals surface area contributed by atoms with Gasteiger partial charge < -0.3 is 15.5 Å². The van der Waals surface area contributed by atoms with E-state index in [1.807, 2.05) is 19.0 Å². The van der Waals surface area contributed by atoms with E-state index < -0.39 is 0 Å². The minimum atomic E-state index is -0.241. The van der Waals surface area contributed by atoms with Crippen molar-refractivity contribution in [2.75, 3.05) is 33.7 Å². The molecule has 0 unspecified atom stereocenters. The van der Waals surface area contributed by atoms with Gasteiger partial charge in [-0.2, -0.15) is 0 Å². The fourth-order valence-electron chi connectivity index (χ4n) is 1.78. The first kappa shape index (κ1) is 12.0. The minimum Gasteiger partial charge on any atom is -0.369 e. The van der Waals surface area contributed by atoms with Gasteiger partial charge in [0.15, 0.2) is 0 Å². The first-order valence-corrected chi connectivity index (χ1v) is 5.22. The fourth-order valence-corrected chi connectivity index (χ4v) is 1.78. The summed E-state index contributed by atoms with van der Waals surface area (Å²) in [5.74, 6) is -0.161. The second-order valence-electron chi connectivity index (χ2n) is 4.30. The van der Waals surface area contributed by atoms with Crippen molar-refractivity contribution in [1.29, 1.82) is 0 Å². The Hall–Kier alpha value is -1.10. The van der Waals surface area contributed by atoms with Gasteiger partial charge in [-0.1, -0.05) is 0 Å². The molecule has 1 aliphatic heterocycles. The molecule has 2 N–H and O–H groups in total. The van der Waals surface area contributed by atoms with E-state index in [1.54, 1.807) is 4.90 Å². The summed E-state index contributed by atoms with van der Waals surface area (Å²) >= 11 is 0. The molecule has 1 rings (SSSR count). The maximum atomic E-state index is 11.7. The Labute approximate surface area is 90.2 Å². The van der Waals surface area contributed by atoms with Crippen molar-refractivity contribution in [2.24, 2.45) is 11.7 Å². The molecule has 2 amide bonds. The van der Waals surface area contributed by atoms with E-state index in [-0.39, 0.29) is 17.7 Å². The van der Waals surface area contributed by atoms with Crippen LogP contribution in [0.5, 0.6) is 0 Å². The zero-order valence-electron chi connectivity index (χ0n) is 9.40. The maximum absolute atomic E-state index is 11.7. The zero-order valence-corrected chi connectivity index (χ0v) is 9.40. The summed E-state index contributed by atoms with van der Waals surface area (Å²) in [6.07, 6.45) is 1.41. The number of primary amides is 1. The van der Waals surface area contributed by atoms with Crippen LogP contribution >= 0.6 is 0 Å². The Morgan fingerprint density at radius 1 is 1.33 bits per heavy atom. The van der Waals surface area contributed by atoms with Crippen LogP contribution in [-0.2, 0) is 9.59 Å². The van der Waals surface area contributed by atoms with Crippen LogP contribution in [0.4, 0.5) is 0 Å². The molecule has 0 atom stereocenters. The smallest absolute Gasteiger partial charge is 0.236 e. The topological polar surface area (TPSA) is 66.6 Å². The zero-order chi connectivity index (χ0) is 11.4. The number of nitrogens with zero attached hydrogens (tertiary/aromatic N) is 2. The molecule has 5 nitrogen and oxygen atoms in total. The predicted octanol–water partition coefficient (Wildman–Crippen LogP) is -0.728. The van der Waals surface area contributed by atoms with E-state index in [2.05, 4.69) is 0 Å². The molecule has 1 heterocycles. The number of piperidine rings is 1. The molecule has 1 fully saturated rings. The lowest BCUT2D eigenvalue weighted by Gasteiger charge is -2.31. The summed E-state index contributed by atoms with van der Waals surface area (Å²) in [6.45, 7) is 1.74. The Morgan fingerprint density at radius 3 is 2.27 bits per heavy atom. The molecule has 0 bridgehead atoms. The number of likely N-dealkylation sites (tertiary alicyclic amines) is 1. The highest BCUT2D eigenvalue weighted by Gasteiger charge is 2.25. The molecule has 0 saturated carbocycles. The summed E-state index contributed by atoms with van der Waals surface area (Å²) in [4.78, 5) is 26.2. The largest absolute Gasteiger partial charge is 0.369 e. The number of carbonyl (C=O) groups is 2. The van der Waals surface area contributed by atoms with Gasteiger partial charge in [-0.15, -0.1) is 0 Å². The highest BCUT2D eigenvalue weighted by Crippen LogP contribution is 2.16. The van der Waals surface area contributed by atoms with Crippen molar-refractivity contribution in [3.8, 4) is 0 Å².